The molecule has 0 fully saturated rings. The van der Waals surface area contributed by atoms with Crippen molar-refractivity contribution in [2.45, 2.75) is 20.0 Å². The minimum atomic E-state index is -0.365. The summed E-state index contributed by atoms with van der Waals surface area (Å²) in [5.74, 6) is 0.928. The number of carbonyl (C=O) groups is 1. The Labute approximate surface area is 176 Å². The largest absolute Gasteiger partial charge is 0.454 e. The van der Waals surface area contributed by atoms with E-state index in [2.05, 4.69) is 15.5 Å². The van der Waals surface area contributed by atoms with E-state index in [-0.39, 0.29) is 11.7 Å². The number of furan rings is 1. The average molecular weight is 430 g/mol. The van der Waals surface area contributed by atoms with Crippen LogP contribution in [0.15, 0.2) is 59.3 Å². The highest BCUT2D eigenvalue weighted by molar-refractivity contribution is 6.42. The lowest BCUT2D eigenvalue weighted by atomic mass is 10.2. The Morgan fingerprint density at radius 3 is 2.76 bits per heavy atom. The molecule has 9 heteroatoms. The number of aromatic nitrogens is 4. The summed E-state index contributed by atoms with van der Waals surface area (Å²) in [5.41, 5.74) is 1.85. The summed E-state index contributed by atoms with van der Waals surface area (Å²) in [6.07, 6.45) is 3.51. The van der Waals surface area contributed by atoms with Crippen LogP contribution in [-0.4, -0.2) is 25.5 Å². The van der Waals surface area contributed by atoms with Gasteiger partial charge in [0.1, 0.15) is 5.76 Å². The number of benzene rings is 1. The number of nitrogens with one attached hydrogen (secondary N) is 1. The SMILES string of the molecule is Cc1cc(NC(=O)c2ccc(Cn3cccn3)o2)nn1Cc1ccc(Cl)c(Cl)c1. The molecule has 4 aromatic rings. The van der Waals surface area contributed by atoms with Crippen LogP contribution >= 0.6 is 23.2 Å². The first-order chi connectivity index (χ1) is 14.0. The van der Waals surface area contributed by atoms with Crippen LogP contribution in [0.25, 0.3) is 0 Å². The molecule has 7 nitrogen and oxygen atoms in total. The van der Waals surface area contributed by atoms with Crippen molar-refractivity contribution < 1.29 is 9.21 Å². The summed E-state index contributed by atoms with van der Waals surface area (Å²) in [4.78, 5) is 12.5. The van der Waals surface area contributed by atoms with Gasteiger partial charge in [-0.25, -0.2) is 0 Å². The fourth-order valence-corrected chi connectivity index (χ4v) is 3.18. The first kappa shape index (κ1) is 19.3. The topological polar surface area (TPSA) is 77.9 Å². The van der Waals surface area contributed by atoms with Crippen molar-refractivity contribution in [1.82, 2.24) is 19.6 Å². The van der Waals surface area contributed by atoms with E-state index >= 15 is 0 Å². The van der Waals surface area contributed by atoms with E-state index in [1.807, 2.05) is 25.3 Å². The molecule has 0 bridgehead atoms. The van der Waals surface area contributed by atoms with Gasteiger partial charge in [-0.2, -0.15) is 10.2 Å². The maximum absolute atomic E-state index is 12.5. The molecule has 0 atom stereocenters. The van der Waals surface area contributed by atoms with Crippen LogP contribution in [0.5, 0.6) is 0 Å². The number of amides is 1. The van der Waals surface area contributed by atoms with Gasteiger partial charge in [-0.15, -0.1) is 0 Å². The van der Waals surface area contributed by atoms with E-state index in [0.717, 1.165) is 11.3 Å². The first-order valence-electron chi connectivity index (χ1n) is 8.84. The zero-order valence-electron chi connectivity index (χ0n) is 15.5. The smallest absolute Gasteiger partial charge is 0.292 e. The predicted molar refractivity (Wildman–Crippen MR) is 111 cm³/mol. The number of halogens is 2. The van der Waals surface area contributed by atoms with Gasteiger partial charge in [-0.1, -0.05) is 29.3 Å². The van der Waals surface area contributed by atoms with E-state index < -0.39 is 0 Å². The van der Waals surface area contributed by atoms with Gasteiger partial charge in [0.2, 0.25) is 0 Å². The lowest BCUT2D eigenvalue weighted by molar-refractivity contribution is 0.0994. The Kier molecular flexibility index (Phi) is 5.42. The predicted octanol–water partition coefficient (Wildman–Crippen LogP) is 4.64. The molecular weight excluding hydrogens is 413 g/mol. The van der Waals surface area contributed by atoms with Gasteiger partial charge in [0.15, 0.2) is 11.6 Å². The zero-order valence-corrected chi connectivity index (χ0v) is 17.0. The quantitative estimate of drug-likeness (QED) is 0.484. The molecule has 0 saturated carbocycles. The number of anilines is 1. The standard InChI is InChI=1S/C20H17Cl2N5O2/c1-13-9-19(25-27(13)11-14-3-5-16(21)17(22)10-14)24-20(28)18-6-4-15(29-18)12-26-8-2-7-23-26/h2-10H,11-12H2,1H3,(H,24,25,28). The molecule has 1 aromatic carbocycles. The molecule has 0 aliphatic carbocycles. The summed E-state index contributed by atoms with van der Waals surface area (Å²) in [7, 11) is 0. The monoisotopic (exact) mass is 429 g/mol. The normalized spacial score (nSPS) is 11.0. The van der Waals surface area contributed by atoms with Gasteiger partial charge in [0.05, 0.1) is 23.1 Å². The van der Waals surface area contributed by atoms with Gasteiger partial charge in [0, 0.05) is 24.2 Å². The Balaban J connectivity index is 1.43. The molecule has 0 unspecified atom stereocenters. The Morgan fingerprint density at radius 2 is 2.00 bits per heavy atom. The summed E-state index contributed by atoms with van der Waals surface area (Å²) >= 11 is 12.0. The molecule has 0 saturated heterocycles. The molecule has 0 radical (unpaired) electrons. The van der Waals surface area contributed by atoms with Crippen molar-refractivity contribution in [2.24, 2.45) is 0 Å². The Hall–Kier alpha value is -3.03. The van der Waals surface area contributed by atoms with Crippen LogP contribution in [0, 0.1) is 6.92 Å². The number of nitrogens with zero attached hydrogens (tertiary/aromatic N) is 4. The van der Waals surface area contributed by atoms with Crippen molar-refractivity contribution in [1.29, 1.82) is 0 Å². The van der Waals surface area contributed by atoms with Gasteiger partial charge < -0.3 is 9.73 Å². The van der Waals surface area contributed by atoms with Crippen molar-refractivity contribution >= 4 is 34.9 Å². The molecular formula is C20H17Cl2N5O2. The number of aryl methyl sites for hydroxylation is 1. The van der Waals surface area contributed by atoms with E-state index in [0.29, 0.717) is 34.7 Å². The van der Waals surface area contributed by atoms with E-state index in [1.54, 1.807) is 45.9 Å². The summed E-state index contributed by atoms with van der Waals surface area (Å²) < 4.78 is 9.11. The average Bonchev–Trinajstić information content (AvgIpc) is 3.42. The summed E-state index contributed by atoms with van der Waals surface area (Å²) in [6.45, 7) is 2.88. The molecule has 29 heavy (non-hydrogen) atoms. The molecule has 0 aliphatic rings. The van der Waals surface area contributed by atoms with Crippen LogP contribution in [-0.2, 0) is 13.1 Å². The Bertz CT molecular complexity index is 1150. The van der Waals surface area contributed by atoms with E-state index in [9.17, 15) is 4.79 Å². The number of hydrogen-bond acceptors (Lipinski definition) is 4. The molecule has 148 valence electrons. The van der Waals surface area contributed by atoms with Crippen molar-refractivity contribution in [3.63, 3.8) is 0 Å². The number of carbonyl (C=O) groups excluding carboxylic acids is 1. The van der Waals surface area contributed by atoms with Crippen molar-refractivity contribution in [3.05, 3.63) is 87.7 Å². The lowest BCUT2D eigenvalue weighted by Gasteiger charge is -2.06. The molecule has 0 aliphatic heterocycles. The molecule has 1 amide bonds. The van der Waals surface area contributed by atoms with Gasteiger partial charge in [0.25, 0.3) is 5.91 Å². The molecule has 4 rings (SSSR count). The van der Waals surface area contributed by atoms with Crippen LogP contribution in [0.2, 0.25) is 10.0 Å². The fourth-order valence-electron chi connectivity index (χ4n) is 2.86. The van der Waals surface area contributed by atoms with Crippen LogP contribution in [0.3, 0.4) is 0 Å². The second-order valence-corrected chi connectivity index (χ2v) is 7.32. The van der Waals surface area contributed by atoms with Crippen LogP contribution in [0.1, 0.15) is 27.6 Å². The number of hydrogen-bond donors (Lipinski definition) is 1. The Morgan fingerprint density at radius 1 is 1.14 bits per heavy atom. The third kappa shape index (κ3) is 4.52. The first-order valence-corrected chi connectivity index (χ1v) is 9.59. The number of rotatable bonds is 6. The minimum absolute atomic E-state index is 0.212. The second-order valence-electron chi connectivity index (χ2n) is 6.50. The maximum Gasteiger partial charge on any atom is 0.292 e. The van der Waals surface area contributed by atoms with Crippen molar-refractivity contribution in [2.75, 3.05) is 5.32 Å². The van der Waals surface area contributed by atoms with Gasteiger partial charge in [-0.3, -0.25) is 14.2 Å². The highest BCUT2D eigenvalue weighted by Crippen LogP contribution is 2.23. The minimum Gasteiger partial charge on any atom is -0.454 e. The highest BCUT2D eigenvalue weighted by atomic mass is 35.5. The van der Waals surface area contributed by atoms with Crippen molar-refractivity contribution in [3.8, 4) is 0 Å². The van der Waals surface area contributed by atoms with Crippen LogP contribution < -0.4 is 5.32 Å². The lowest BCUT2D eigenvalue weighted by Crippen LogP contribution is -2.12. The van der Waals surface area contributed by atoms with E-state index in [4.69, 9.17) is 27.6 Å². The fraction of sp³-hybridized carbons (Fsp3) is 0.150. The van der Waals surface area contributed by atoms with Crippen LogP contribution in [0.4, 0.5) is 5.82 Å². The van der Waals surface area contributed by atoms with E-state index in [1.165, 1.54) is 0 Å². The highest BCUT2D eigenvalue weighted by Gasteiger charge is 2.14. The molecule has 3 heterocycles. The maximum atomic E-state index is 12.5. The molecule has 0 spiro atoms. The molecule has 3 aromatic heterocycles. The van der Waals surface area contributed by atoms with Gasteiger partial charge in [-0.05, 0) is 42.8 Å². The second kappa shape index (κ2) is 8.14. The third-order valence-corrected chi connectivity index (χ3v) is 5.04. The van der Waals surface area contributed by atoms with Gasteiger partial charge >= 0.3 is 0 Å². The molecule has 1 N–H and O–H groups in total. The third-order valence-electron chi connectivity index (χ3n) is 4.30. The summed E-state index contributed by atoms with van der Waals surface area (Å²) in [5, 5.41) is 12.3. The zero-order chi connectivity index (χ0) is 20.4. The summed E-state index contributed by atoms with van der Waals surface area (Å²) in [6, 6.07) is 12.4.